The van der Waals surface area contributed by atoms with Gasteiger partial charge in [-0.25, -0.2) is 0 Å². The van der Waals surface area contributed by atoms with Crippen LogP contribution >= 0.6 is 15.9 Å². The van der Waals surface area contributed by atoms with Crippen LogP contribution in [0.25, 0.3) is 22.5 Å². The second-order valence-electron chi connectivity index (χ2n) is 4.84. The van der Waals surface area contributed by atoms with Gasteiger partial charge in [0.1, 0.15) is 17.9 Å². The largest absolute Gasteiger partial charge is 0.464 e. The highest BCUT2D eigenvalue weighted by Gasteiger charge is 2.19. The second kappa shape index (κ2) is 6.00. The van der Waals surface area contributed by atoms with E-state index in [0.717, 1.165) is 10.0 Å². The SMILES string of the molecule is N#Cc1c(-c2ccc(Br)cc2)cc(-c2ccco2)c(C#N)c1N. The maximum atomic E-state index is 9.48. The predicted molar refractivity (Wildman–Crippen MR) is 91.1 cm³/mol. The van der Waals surface area contributed by atoms with Crippen molar-refractivity contribution in [2.24, 2.45) is 0 Å². The fraction of sp³-hybridized carbons (Fsp3) is 0. The topological polar surface area (TPSA) is 86.7 Å². The summed E-state index contributed by atoms with van der Waals surface area (Å²) in [4.78, 5) is 0. The predicted octanol–water partition coefficient (Wildman–Crippen LogP) is 4.70. The highest BCUT2D eigenvalue weighted by atomic mass is 79.9. The molecule has 0 aliphatic rings. The Kier molecular flexibility index (Phi) is 3.89. The highest BCUT2D eigenvalue weighted by Crippen LogP contribution is 2.37. The van der Waals surface area contributed by atoms with Gasteiger partial charge in [-0.15, -0.1) is 0 Å². The van der Waals surface area contributed by atoms with Crippen LogP contribution < -0.4 is 5.73 Å². The minimum Gasteiger partial charge on any atom is -0.464 e. The molecule has 2 N–H and O–H groups in total. The number of hydrogen-bond donors (Lipinski definition) is 1. The van der Waals surface area contributed by atoms with Gasteiger partial charge in [0.2, 0.25) is 0 Å². The molecule has 0 unspecified atom stereocenters. The minimum atomic E-state index is 0.168. The Balaban J connectivity index is 2.34. The Hall–Kier alpha value is -3.02. The Morgan fingerprint density at radius 1 is 0.957 bits per heavy atom. The summed E-state index contributed by atoms with van der Waals surface area (Å²) in [5, 5.41) is 18.9. The number of anilines is 1. The molecule has 0 amide bonds. The fourth-order valence-corrected chi connectivity index (χ4v) is 2.69. The van der Waals surface area contributed by atoms with E-state index < -0.39 is 0 Å². The summed E-state index contributed by atoms with van der Waals surface area (Å²) in [7, 11) is 0. The molecule has 0 atom stereocenters. The lowest BCUT2D eigenvalue weighted by Gasteiger charge is -2.12. The molecule has 0 bridgehead atoms. The number of hydrogen-bond acceptors (Lipinski definition) is 4. The zero-order chi connectivity index (χ0) is 16.4. The number of nitrogen functional groups attached to an aromatic ring is 1. The molecular weight excluding hydrogens is 354 g/mol. The average Bonchev–Trinajstić information content (AvgIpc) is 3.09. The lowest BCUT2D eigenvalue weighted by Crippen LogP contribution is -2.00. The van der Waals surface area contributed by atoms with Crippen molar-refractivity contribution in [3.63, 3.8) is 0 Å². The van der Waals surface area contributed by atoms with Crippen LogP contribution in [0.4, 0.5) is 5.69 Å². The normalized spacial score (nSPS) is 10.0. The van der Waals surface area contributed by atoms with Gasteiger partial charge in [0.25, 0.3) is 0 Å². The molecule has 0 aliphatic carbocycles. The first-order chi connectivity index (χ1) is 11.2. The monoisotopic (exact) mass is 363 g/mol. The van der Waals surface area contributed by atoms with E-state index >= 15 is 0 Å². The lowest BCUT2D eigenvalue weighted by molar-refractivity contribution is 0.582. The summed E-state index contributed by atoms with van der Waals surface area (Å²) in [6.07, 6.45) is 1.53. The lowest BCUT2D eigenvalue weighted by atomic mass is 9.92. The maximum absolute atomic E-state index is 9.48. The van der Waals surface area contributed by atoms with Crippen LogP contribution in [0.5, 0.6) is 0 Å². The molecule has 3 rings (SSSR count). The zero-order valence-electron chi connectivity index (χ0n) is 11.9. The van der Waals surface area contributed by atoms with Crippen LogP contribution in [-0.2, 0) is 0 Å². The molecule has 23 heavy (non-hydrogen) atoms. The Morgan fingerprint density at radius 3 is 2.17 bits per heavy atom. The number of nitrogens with two attached hydrogens (primary N) is 1. The van der Waals surface area contributed by atoms with Gasteiger partial charge in [-0.2, -0.15) is 10.5 Å². The third kappa shape index (κ3) is 2.59. The number of halogens is 1. The van der Waals surface area contributed by atoms with Gasteiger partial charge in [-0.1, -0.05) is 28.1 Å². The molecule has 1 heterocycles. The molecule has 1 aromatic heterocycles. The average molecular weight is 364 g/mol. The van der Waals surface area contributed by atoms with Crippen molar-refractivity contribution in [2.45, 2.75) is 0 Å². The van der Waals surface area contributed by atoms with Crippen molar-refractivity contribution in [3.05, 3.63) is 64.3 Å². The van der Waals surface area contributed by atoms with Crippen LogP contribution in [0.3, 0.4) is 0 Å². The standard InChI is InChI=1S/C18H10BrN3O/c19-12-5-3-11(4-6-12)13-8-14(17-2-1-7-23-17)16(10-21)18(22)15(13)9-20/h1-8H,22H2. The molecule has 0 radical (unpaired) electrons. The van der Waals surface area contributed by atoms with Gasteiger partial charge in [-0.05, 0) is 35.9 Å². The number of furan rings is 1. The summed E-state index contributed by atoms with van der Waals surface area (Å²) in [5.74, 6) is 0.538. The third-order valence-electron chi connectivity index (χ3n) is 3.53. The van der Waals surface area contributed by atoms with Crippen LogP contribution in [0.1, 0.15) is 11.1 Å². The quantitative estimate of drug-likeness (QED) is 0.668. The Bertz CT molecular complexity index is 946. The summed E-state index contributed by atoms with van der Waals surface area (Å²) in [6.45, 7) is 0. The summed E-state index contributed by atoms with van der Waals surface area (Å²) in [5.41, 5.74) is 8.88. The van der Waals surface area contributed by atoms with Gasteiger partial charge < -0.3 is 10.2 Å². The van der Waals surface area contributed by atoms with E-state index in [0.29, 0.717) is 22.5 Å². The van der Waals surface area contributed by atoms with Gasteiger partial charge in [0.05, 0.1) is 23.1 Å². The second-order valence-corrected chi connectivity index (χ2v) is 5.76. The van der Waals surface area contributed by atoms with E-state index in [1.54, 1.807) is 18.2 Å². The number of rotatable bonds is 2. The van der Waals surface area contributed by atoms with Crippen molar-refractivity contribution >= 4 is 21.6 Å². The molecule has 0 spiro atoms. The molecule has 5 heteroatoms. The van der Waals surface area contributed by atoms with Crippen molar-refractivity contribution < 1.29 is 4.42 Å². The fourth-order valence-electron chi connectivity index (χ4n) is 2.43. The molecule has 0 aliphatic heterocycles. The molecule has 0 saturated carbocycles. The smallest absolute Gasteiger partial charge is 0.135 e. The first-order valence-electron chi connectivity index (χ1n) is 6.72. The minimum absolute atomic E-state index is 0.168. The van der Waals surface area contributed by atoms with Crippen LogP contribution in [-0.4, -0.2) is 0 Å². The van der Waals surface area contributed by atoms with E-state index in [1.807, 2.05) is 24.3 Å². The first kappa shape index (κ1) is 14.9. The summed E-state index contributed by atoms with van der Waals surface area (Å²) in [6, 6.07) is 17.0. The zero-order valence-corrected chi connectivity index (χ0v) is 13.5. The summed E-state index contributed by atoms with van der Waals surface area (Å²) < 4.78 is 6.34. The van der Waals surface area contributed by atoms with E-state index in [1.165, 1.54) is 6.26 Å². The van der Waals surface area contributed by atoms with Crippen LogP contribution in [0.15, 0.2) is 57.6 Å². The van der Waals surface area contributed by atoms with Crippen molar-refractivity contribution in [2.75, 3.05) is 5.73 Å². The van der Waals surface area contributed by atoms with Crippen LogP contribution in [0, 0.1) is 22.7 Å². The number of nitrogens with zero attached hydrogens (tertiary/aromatic N) is 2. The van der Waals surface area contributed by atoms with Crippen molar-refractivity contribution in [3.8, 4) is 34.6 Å². The van der Waals surface area contributed by atoms with Gasteiger partial charge in [-0.3, -0.25) is 0 Å². The molecular formula is C18H10BrN3O. The van der Waals surface area contributed by atoms with Gasteiger partial charge >= 0.3 is 0 Å². The molecule has 3 aromatic rings. The van der Waals surface area contributed by atoms with Crippen LogP contribution in [0.2, 0.25) is 0 Å². The third-order valence-corrected chi connectivity index (χ3v) is 4.06. The molecule has 2 aromatic carbocycles. The molecule has 110 valence electrons. The highest BCUT2D eigenvalue weighted by molar-refractivity contribution is 9.10. The van der Waals surface area contributed by atoms with E-state index in [-0.39, 0.29) is 11.3 Å². The van der Waals surface area contributed by atoms with Gasteiger partial charge in [0.15, 0.2) is 0 Å². The Labute approximate surface area is 141 Å². The molecule has 0 saturated heterocycles. The Morgan fingerprint density at radius 2 is 1.61 bits per heavy atom. The summed E-state index contributed by atoms with van der Waals surface area (Å²) >= 11 is 3.39. The van der Waals surface area contributed by atoms with Gasteiger partial charge in [0, 0.05) is 15.6 Å². The van der Waals surface area contributed by atoms with Crippen molar-refractivity contribution in [1.82, 2.24) is 0 Å². The number of benzene rings is 2. The first-order valence-corrected chi connectivity index (χ1v) is 7.51. The van der Waals surface area contributed by atoms with Crippen molar-refractivity contribution in [1.29, 1.82) is 10.5 Å². The van der Waals surface area contributed by atoms with E-state index in [2.05, 4.69) is 28.1 Å². The van der Waals surface area contributed by atoms with E-state index in [9.17, 15) is 10.5 Å². The molecule has 0 fully saturated rings. The number of nitriles is 2. The maximum Gasteiger partial charge on any atom is 0.135 e. The van der Waals surface area contributed by atoms with E-state index in [4.69, 9.17) is 10.2 Å². The molecule has 4 nitrogen and oxygen atoms in total.